The van der Waals surface area contributed by atoms with Crippen molar-refractivity contribution in [1.82, 2.24) is 10.6 Å². The van der Waals surface area contributed by atoms with Crippen molar-refractivity contribution >= 4 is 11.9 Å². The van der Waals surface area contributed by atoms with Crippen LogP contribution < -0.4 is 10.6 Å². The van der Waals surface area contributed by atoms with Crippen LogP contribution in [0.5, 0.6) is 0 Å². The molecule has 0 aromatic carbocycles. The van der Waals surface area contributed by atoms with E-state index in [2.05, 4.69) is 17.6 Å². The van der Waals surface area contributed by atoms with E-state index in [9.17, 15) is 14.7 Å². The zero-order valence-electron chi connectivity index (χ0n) is 12.9. The van der Waals surface area contributed by atoms with Crippen LogP contribution in [0.3, 0.4) is 0 Å². The van der Waals surface area contributed by atoms with Crippen molar-refractivity contribution in [2.45, 2.75) is 46.5 Å². The highest BCUT2D eigenvalue weighted by atomic mass is 16.4. The molecule has 5 nitrogen and oxygen atoms in total. The number of amides is 1. The van der Waals surface area contributed by atoms with Gasteiger partial charge < -0.3 is 15.7 Å². The number of hydrogen-bond acceptors (Lipinski definition) is 3. The van der Waals surface area contributed by atoms with E-state index < -0.39 is 11.4 Å². The van der Waals surface area contributed by atoms with Gasteiger partial charge in [0.15, 0.2) is 0 Å². The van der Waals surface area contributed by atoms with Gasteiger partial charge in [-0.15, -0.1) is 0 Å². The summed E-state index contributed by atoms with van der Waals surface area (Å²) in [7, 11) is 0. The van der Waals surface area contributed by atoms with Gasteiger partial charge in [-0.25, -0.2) is 0 Å². The van der Waals surface area contributed by atoms with Gasteiger partial charge in [0.2, 0.25) is 5.91 Å². The molecule has 0 heterocycles. The first kappa shape index (κ1) is 17.0. The predicted octanol–water partition coefficient (Wildman–Crippen LogP) is 1.63. The molecule has 5 heteroatoms. The second kappa shape index (κ2) is 7.62. The molecule has 0 aromatic heterocycles. The summed E-state index contributed by atoms with van der Waals surface area (Å²) in [4.78, 5) is 23.6. The lowest BCUT2D eigenvalue weighted by molar-refractivity contribution is -0.151. The van der Waals surface area contributed by atoms with E-state index >= 15 is 0 Å². The quantitative estimate of drug-likeness (QED) is 0.664. The number of carbonyl (C=O) groups is 2. The number of carboxylic acid groups (broad SMARTS) is 1. The van der Waals surface area contributed by atoms with Gasteiger partial charge in [0.25, 0.3) is 0 Å². The molecule has 20 heavy (non-hydrogen) atoms. The topological polar surface area (TPSA) is 78.4 Å². The monoisotopic (exact) mass is 284 g/mol. The molecule has 116 valence electrons. The van der Waals surface area contributed by atoms with Crippen LogP contribution in [-0.2, 0) is 9.59 Å². The fraction of sp³-hybridized carbons (Fsp3) is 0.867. The van der Waals surface area contributed by atoms with Crippen LogP contribution >= 0.6 is 0 Å². The smallest absolute Gasteiger partial charge is 0.311 e. The second-order valence-corrected chi connectivity index (χ2v) is 6.19. The highest BCUT2D eigenvalue weighted by Crippen LogP contribution is 2.38. The lowest BCUT2D eigenvalue weighted by atomic mass is 9.70. The molecule has 1 aliphatic rings. The lowest BCUT2D eigenvalue weighted by Crippen LogP contribution is -2.47. The normalized spacial score (nSPS) is 27.9. The fourth-order valence-corrected chi connectivity index (χ4v) is 2.67. The van der Waals surface area contributed by atoms with Gasteiger partial charge in [0, 0.05) is 19.0 Å². The van der Waals surface area contributed by atoms with Crippen LogP contribution in [0.4, 0.5) is 0 Å². The Morgan fingerprint density at radius 3 is 2.45 bits per heavy atom. The van der Waals surface area contributed by atoms with E-state index in [1.54, 1.807) is 0 Å². The molecule has 0 saturated heterocycles. The Morgan fingerprint density at radius 1 is 1.35 bits per heavy atom. The van der Waals surface area contributed by atoms with Crippen LogP contribution in [-0.4, -0.2) is 36.6 Å². The highest BCUT2D eigenvalue weighted by molar-refractivity contribution is 5.80. The number of hydrogen-bond donors (Lipinski definition) is 3. The molecule has 0 bridgehead atoms. The summed E-state index contributed by atoms with van der Waals surface area (Å²) in [5.74, 6) is -0.386. The molecule has 1 fully saturated rings. The molecule has 1 rings (SSSR count). The van der Waals surface area contributed by atoms with E-state index in [-0.39, 0.29) is 18.4 Å². The van der Waals surface area contributed by atoms with E-state index in [0.29, 0.717) is 25.3 Å². The summed E-state index contributed by atoms with van der Waals surface area (Å²) >= 11 is 0. The average molecular weight is 284 g/mol. The fourth-order valence-electron chi connectivity index (χ4n) is 2.67. The van der Waals surface area contributed by atoms with Crippen LogP contribution in [0.25, 0.3) is 0 Å². The first-order chi connectivity index (χ1) is 9.41. The van der Waals surface area contributed by atoms with Crippen molar-refractivity contribution in [3.05, 3.63) is 0 Å². The predicted molar refractivity (Wildman–Crippen MR) is 78.4 cm³/mol. The maximum atomic E-state index is 12.0. The van der Waals surface area contributed by atoms with Gasteiger partial charge in [-0.2, -0.15) is 0 Å². The summed E-state index contributed by atoms with van der Waals surface area (Å²) in [6.07, 6.45) is 3.17. The standard InChI is InChI=1S/C15H28N2O3/c1-4-16-9-12(3)13(18)17-10-15(14(19)20)7-5-11(2)6-8-15/h11-12,16H,4-10H2,1-3H3,(H,17,18)(H,19,20). The Balaban J connectivity index is 2.51. The van der Waals surface area contributed by atoms with Crippen LogP contribution in [0.15, 0.2) is 0 Å². The van der Waals surface area contributed by atoms with Gasteiger partial charge in [-0.05, 0) is 38.1 Å². The molecule has 1 unspecified atom stereocenters. The summed E-state index contributed by atoms with van der Waals surface area (Å²) in [5.41, 5.74) is -0.764. The Morgan fingerprint density at radius 2 is 1.95 bits per heavy atom. The summed E-state index contributed by atoms with van der Waals surface area (Å²) < 4.78 is 0. The Bertz CT molecular complexity index is 336. The van der Waals surface area contributed by atoms with E-state index in [1.165, 1.54) is 0 Å². The Labute approximate surface area is 121 Å². The number of aliphatic carboxylic acids is 1. The second-order valence-electron chi connectivity index (χ2n) is 6.19. The molecule has 1 saturated carbocycles. The molecular weight excluding hydrogens is 256 g/mol. The molecule has 1 amide bonds. The number of nitrogens with one attached hydrogen (secondary N) is 2. The first-order valence-corrected chi connectivity index (χ1v) is 7.63. The third-order valence-electron chi connectivity index (χ3n) is 4.43. The largest absolute Gasteiger partial charge is 0.481 e. The van der Waals surface area contributed by atoms with Gasteiger partial charge in [0.1, 0.15) is 0 Å². The van der Waals surface area contributed by atoms with Gasteiger partial charge in [0.05, 0.1) is 5.41 Å². The van der Waals surface area contributed by atoms with Crippen molar-refractivity contribution < 1.29 is 14.7 Å². The minimum Gasteiger partial charge on any atom is -0.481 e. The highest BCUT2D eigenvalue weighted by Gasteiger charge is 2.41. The molecule has 0 spiro atoms. The number of carbonyl (C=O) groups excluding carboxylic acids is 1. The summed E-state index contributed by atoms with van der Waals surface area (Å²) in [6, 6.07) is 0. The Hall–Kier alpha value is -1.10. The van der Waals surface area contributed by atoms with Gasteiger partial charge in [-0.3, -0.25) is 9.59 Å². The zero-order chi connectivity index (χ0) is 15.2. The maximum absolute atomic E-state index is 12.0. The molecular formula is C15H28N2O3. The van der Waals surface area contributed by atoms with Crippen LogP contribution in [0, 0.1) is 17.3 Å². The molecule has 1 atom stereocenters. The number of carboxylic acids is 1. The van der Waals surface area contributed by atoms with Crippen molar-refractivity contribution in [2.75, 3.05) is 19.6 Å². The molecule has 0 aliphatic heterocycles. The molecule has 0 aromatic rings. The third-order valence-corrected chi connectivity index (χ3v) is 4.43. The minimum atomic E-state index is -0.774. The number of rotatable bonds is 7. The van der Waals surface area contributed by atoms with E-state index in [0.717, 1.165) is 19.4 Å². The van der Waals surface area contributed by atoms with Gasteiger partial charge >= 0.3 is 5.97 Å². The maximum Gasteiger partial charge on any atom is 0.311 e. The first-order valence-electron chi connectivity index (χ1n) is 7.63. The van der Waals surface area contributed by atoms with Crippen molar-refractivity contribution in [2.24, 2.45) is 17.3 Å². The van der Waals surface area contributed by atoms with Crippen molar-refractivity contribution in [3.63, 3.8) is 0 Å². The lowest BCUT2D eigenvalue weighted by Gasteiger charge is -2.36. The third kappa shape index (κ3) is 4.47. The van der Waals surface area contributed by atoms with Gasteiger partial charge in [-0.1, -0.05) is 20.8 Å². The summed E-state index contributed by atoms with van der Waals surface area (Å²) in [5, 5.41) is 15.5. The van der Waals surface area contributed by atoms with Crippen LogP contribution in [0.2, 0.25) is 0 Å². The zero-order valence-corrected chi connectivity index (χ0v) is 12.9. The molecule has 1 aliphatic carbocycles. The average Bonchev–Trinajstić information content (AvgIpc) is 2.43. The Kier molecular flexibility index (Phi) is 6.46. The van der Waals surface area contributed by atoms with Crippen molar-refractivity contribution in [3.8, 4) is 0 Å². The van der Waals surface area contributed by atoms with Crippen LogP contribution in [0.1, 0.15) is 46.5 Å². The minimum absolute atomic E-state index is 0.0646. The summed E-state index contributed by atoms with van der Waals surface area (Å²) in [6.45, 7) is 7.71. The van der Waals surface area contributed by atoms with Crippen molar-refractivity contribution in [1.29, 1.82) is 0 Å². The molecule has 0 radical (unpaired) electrons. The van der Waals surface area contributed by atoms with E-state index in [4.69, 9.17) is 0 Å². The SMILES string of the molecule is CCNCC(C)C(=O)NCC1(C(=O)O)CCC(C)CC1. The molecule has 3 N–H and O–H groups in total. The van der Waals surface area contributed by atoms with E-state index in [1.807, 2.05) is 13.8 Å².